The molecule has 1 amide bonds. The average Bonchev–Trinajstić information content (AvgIpc) is 3.08. The molecular formula is C19H14BrF3N4O. The standard InChI is InChI=1S/C19H14BrF3N4O/c1-2-16-15(20)7-13(8-24-16)18(28)26-17-10-27(11-25-17)9-12-4-3-5-14(6-12)19(21,22)23/h2-8,10-11H,1,9H2,(H,26,28). The first-order valence-electron chi connectivity index (χ1n) is 8.03. The molecule has 3 rings (SSSR count). The van der Waals surface area contributed by atoms with Crippen LogP contribution in [-0.4, -0.2) is 20.4 Å². The van der Waals surface area contributed by atoms with E-state index in [9.17, 15) is 18.0 Å². The van der Waals surface area contributed by atoms with Crippen molar-refractivity contribution in [3.63, 3.8) is 0 Å². The van der Waals surface area contributed by atoms with E-state index in [1.54, 1.807) is 29.0 Å². The maximum atomic E-state index is 12.8. The van der Waals surface area contributed by atoms with Crippen LogP contribution in [0.1, 0.15) is 27.2 Å². The number of benzene rings is 1. The fourth-order valence-electron chi connectivity index (χ4n) is 2.48. The van der Waals surface area contributed by atoms with Crippen molar-refractivity contribution in [2.75, 3.05) is 5.32 Å². The number of rotatable bonds is 5. The number of anilines is 1. The Bertz CT molecular complexity index is 1030. The van der Waals surface area contributed by atoms with Gasteiger partial charge < -0.3 is 9.88 Å². The monoisotopic (exact) mass is 450 g/mol. The van der Waals surface area contributed by atoms with Crippen molar-refractivity contribution in [1.29, 1.82) is 0 Å². The molecule has 0 bridgehead atoms. The van der Waals surface area contributed by atoms with Crippen LogP contribution in [-0.2, 0) is 12.7 Å². The van der Waals surface area contributed by atoms with E-state index >= 15 is 0 Å². The molecule has 144 valence electrons. The van der Waals surface area contributed by atoms with Gasteiger partial charge in [-0.15, -0.1) is 0 Å². The summed E-state index contributed by atoms with van der Waals surface area (Å²) in [4.78, 5) is 20.5. The molecule has 1 N–H and O–H groups in total. The molecule has 0 saturated heterocycles. The quantitative estimate of drug-likeness (QED) is 0.594. The van der Waals surface area contributed by atoms with Crippen LogP contribution in [0.25, 0.3) is 6.08 Å². The molecule has 0 aliphatic rings. The van der Waals surface area contributed by atoms with Crippen LogP contribution < -0.4 is 5.32 Å². The maximum absolute atomic E-state index is 12.8. The minimum absolute atomic E-state index is 0.188. The number of nitrogens with zero attached hydrogens (tertiary/aromatic N) is 3. The predicted molar refractivity (Wildman–Crippen MR) is 103 cm³/mol. The lowest BCUT2D eigenvalue weighted by Gasteiger charge is -2.09. The van der Waals surface area contributed by atoms with Crippen molar-refractivity contribution in [2.45, 2.75) is 12.7 Å². The molecule has 3 aromatic rings. The van der Waals surface area contributed by atoms with Crippen LogP contribution in [0.3, 0.4) is 0 Å². The fourth-order valence-corrected chi connectivity index (χ4v) is 2.99. The van der Waals surface area contributed by atoms with Crippen LogP contribution in [0.4, 0.5) is 19.0 Å². The lowest BCUT2D eigenvalue weighted by Crippen LogP contribution is -2.12. The zero-order valence-corrected chi connectivity index (χ0v) is 16.0. The zero-order valence-electron chi connectivity index (χ0n) is 14.4. The molecule has 5 nitrogen and oxygen atoms in total. The second-order valence-corrected chi connectivity index (χ2v) is 6.73. The first-order valence-corrected chi connectivity index (χ1v) is 8.83. The molecule has 0 spiro atoms. The molecule has 0 radical (unpaired) electrons. The fraction of sp³-hybridized carbons (Fsp3) is 0.105. The van der Waals surface area contributed by atoms with Crippen molar-refractivity contribution in [3.8, 4) is 0 Å². The van der Waals surface area contributed by atoms with Crippen LogP contribution in [0, 0.1) is 0 Å². The summed E-state index contributed by atoms with van der Waals surface area (Å²) in [5.41, 5.74) is 0.699. The van der Waals surface area contributed by atoms with Crippen LogP contribution in [0.15, 0.2) is 60.1 Å². The Morgan fingerprint density at radius 3 is 2.75 bits per heavy atom. The molecule has 0 fully saturated rings. The van der Waals surface area contributed by atoms with Gasteiger partial charge in [-0.05, 0) is 45.8 Å². The highest BCUT2D eigenvalue weighted by Gasteiger charge is 2.30. The third-order valence-corrected chi connectivity index (χ3v) is 4.45. The number of carbonyl (C=O) groups excluding carboxylic acids is 1. The molecule has 0 saturated carbocycles. The van der Waals surface area contributed by atoms with Crippen LogP contribution in [0.2, 0.25) is 0 Å². The zero-order chi connectivity index (χ0) is 20.3. The summed E-state index contributed by atoms with van der Waals surface area (Å²) >= 11 is 3.31. The molecule has 2 heterocycles. The van der Waals surface area contributed by atoms with Gasteiger partial charge >= 0.3 is 6.18 Å². The topological polar surface area (TPSA) is 59.8 Å². The number of amides is 1. The second kappa shape index (κ2) is 7.97. The molecular weight excluding hydrogens is 437 g/mol. The number of hydrogen-bond acceptors (Lipinski definition) is 3. The summed E-state index contributed by atoms with van der Waals surface area (Å²) in [5.74, 6) is -0.131. The highest BCUT2D eigenvalue weighted by molar-refractivity contribution is 9.10. The second-order valence-electron chi connectivity index (χ2n) is 5.88. The largest absolute Gasteiger partial charge is 0.416 e. The number of carbonyl (C=O) groups is 1. The summed E-state index contributed by atoms with van der Waals surface area (Å²) in [6, 6.07) is 6.67. The Kier molecular flexibility index (Phi) is 5.64. The third-order valence-electron chi connectivity index (χ3n) is 3.82. The Morgan fingerprint density at radius 2 is 2.07 bits per heavy atom. The Labute approximate surface area is 167 Å². The smallest absolute Gasteiger partial charge is 0.331 e. The van der Waals surface area contributed by atoms with Gasteiger partial charge in [0.2, 0.25) is 0 Å². The van der Waals surface area contributed by atoms with E-state index in [4.69, 9.17) is 0 Å². The summed E-state index contributed by atoms with van der Waals surface area (Å²) in [7, 11) is 0. The first-order chi connectivity index (χ1) is 13.3. The minimum Gasteiger partial charge on any atom is -0.331 e. The number of pyridine rings is 1. The van der Waals surface area contributed by atoms with Gasteiger partial charge in [0.05, 0.1) is 23.1 Å². The third kappa shape index (κ3) is 4.66. The van der Waals surface area contributed by atoms with E-state index in [1.165, 1.54) is 18.6 Å². The predicted octanol–water partition coefficient (Wildman–Crippen LogP) is 5.00. The SMILES string of the molecule is C=Cc1ncc(C(=O)Nc2cn(Cc3cccc(C(F)(F)F)c3)cn2)cc1Br. The van der Waals surface area contributed by atoms with Gasteiger partial charge in [-0.25, -0.2) is 4.98 Å². The van der Waals surface area contributed by atoms with Gasteiger partial charge in [0.25, 0.3) is 5.91 Å². The van der Waals surface area contributed by atoms with E-state index < -0.39 is 17.6 Å². The van der Waals surface area contributed by atoms with Gasteiger partial charge in [-0.3, -0.25) is 9.78 Å². The summed E-state index contributed by atoms with van der Waals surface area (Å²) in [6.07, 6.45) is 1.55. The highest BCUT2D eigenvalue weighted by atomic mass is 79.9. The van der Waals surface area contributed by atoms with Gasteiger partial charge in [0, 0.05) is 23.4 Å². The summed E-state index contributed by atoms with van der Waals surface area (Å²) in [6.45, 7) is 3.81. The molecule has 1 aromatic carbocycles. The molecule has 28 heavy (non-hydrogen) atoms. The lowest BCUT2D eigenvalue weighted by molar-refractivity contribution is -0.137. The molecule has 9 heteroatoms. The number of aromatic nitrogens is 3. The highest BCUT2D eigenvalue weighted by Crippen LogP contribution is 2.29. The average molecular weight is 451 g/mol. The van der Waals surface area contributed by atoms with Crippen molar-refractivity contribution < 1.29 is 18.0 Å². The van der Waals surface area contributed by atoms with E-state index in [0.29, 0.717) is 21.3 Å². The Hall–Kier alpha value is -2.94. The van der Waals surface area contributed by atoms with Gasteiger partial charge in [0.15, 0.2) is 5.82 Å². The Morgan fingerprint density at radius 1 is 1.29 bits per heavy atom. The molecule has 0 aliphatic heterocycles. The van der Waals surface area contributed by atoms with E-state index in [1.807, 2.05) is 0 Å². The lowest BCUT2D eigenvalue weighted by atomic mass is 10.1. The number of hydrogen-bond donors (Lipinski definition) is 1. The number of halogens is 4. The minimum atomic E-state index is -4.40. The Balaban J connectivity index is 1.70. The van der Waals surface area contributed by atoms with Crippen molar-refractivity contribution in [1.82, 2.24) is 14.5 Å². The maximum Gasteiger partial charge on any atom is 0.416 e. The van der Waals surface area contributed by atoms with Gasteiger partial charge in [-0.2, -0.15) is 13.2 Å². The first kappa shape index (κ1) is 19.8. The van der Waals surface area contributed by atoms with E-state index in [2.05, 4.69) is 37.8 Å². The van der Waals surface area contributed by atoms with Gasteiger partial charge in [0.1, 0.15) is 0 Å². The number of alkyl halides is 3. The number of nitrogens with one attached hydrogen (secondary N) is 1. The van der Waals surface area contributed by atoms with Crippen LogP contribution >= 0.6 is 15.9 Å². The number of imidazole rings is 1. The van der Waals surface area contributed by atoms with Crippen molar-refractivity contribution >= 4 is 33.7 Å². The van der Waals surface area contributed by atoms with Crippen molar-refractivity contribution in [2.24, 2.45) is 0 Å². The van der Waals surface area contributed by atoms with Gasteiger partial charge in [-0.1, -0.05) is 18.7 Å². The molecule has 0 aliphatic carbocycles. The molecule has 0 atom stereocenters. The van der Waals surface area contributed by atoms with E-state index in [0.717, 1.165) is 12.1 Å². The van der Waals surface area contributed by atoms with E-state index in [-0.39, 0.29) is 12.4 Å². The summed E-state index contributed by atoms with van der Waals surface area (Å²) < 4.78 is 40.6. The van der Waals surface area contributed by atoms with Crippen LogP contribution in [0.5, 0.6) is 0 Å². The summed E-state index contributed by atoms with van der Waals surface area (Å²) in [5, 5.41) is 2.63. The molecule has 2 aromatic heterocycles. The molecule has 0 unspecified atom stereocenters. The van der Waals surface area contributed by atoms with Crippen molar-refractivity contribution in [3.05, 3.63) is 82.5 Å². The normalized spacial score (nSPS) is 11.3.